The zero-order valence-corrected chi connectivity index (χ0v) is 17.5. The number of rotatable bonds is 5. The van der Waals surface area contributed by atoms with Gasteiger partial charge in [-0.2, -0.15) is 4.98 Å². The monoisotopic (exact) mass is 416 g/mol. The van der Waals surface area contributed by atoms with Crippen molar-refractivity contribution in [2.75, 3.05) is 13.1 Å². The fraction of sp³-hybridized carbons (Fsp3) is 0.348. The van der Waals surface area contributed by atoms with Gasteiger partial charge in [0, 0.05) is 30.6 Å². The number of aromatic nitrogens is 5. The molecular formula is C23H24N6O2. The zero-order chi connectivity index (χ0) is 21.2. The van der Waals surface area contributed by atoms with Gasteiger partial charge in [0.1, 0.15) is 5.52 Å². The van der Waals surface area contributed by atoms with Crippen LogP contribution in [-0.2, 0) is 11.3 Å². The molecule has 1 fully saturated rings. The fourth-order valence-corrected chi connectivity index (χ4v) is 4.04. The molecule has 3 heterocycles. The SMILES string of the molecule is Cc1ccccc1-c1nc(-c2ccc3c(c2)nnn3CCC(=O)N2CCCCC2)no1. The standard InChI is InChI=1S/C23H24N6O2/c1-16-7-3-4-8-18(16)23-24-22(26-31-23)17-9-10-20-19(15-17)25-27-29(20)14-11-21(30)28-12-5-2-6-13-28/h3-4,7-10,15H,2,5-6,11-14H2,1H3. The first kappa shape index (κ1) is 19.4. The number of nitrogens with zero attached hydrogens (tertiary/aromatic N) is 6. The second-order valence-corrected chi connectivity index (χ2v) is 7.95. The minimum Gasteiger partial charge on any atom is -0.343 e. The van der Waals surface area contributed by atoms with Crippen molar-refractivity contribution in [2.45, 2.75) is 39.2 Å². The normalized spacial score (nSPS) is 14.3. The highest BCUT2D eigenvalue weighted by molar-refractivity contribution is 5.80. The van der Waals surface area contributed by atoms with Crippen LogP contribution in [0.5, 0.6) is 0 Å². The Bertz CT molecular complexity index is 1220. The number of benzene rings is 2. The molecule has 0 radical (unpaired) electrons. The molecule has 1 aliphatic heterocycles. The van der Waals surface area contributed by atoms with Crippen molar-refractivity contribution in [1.29, 1.82) is 0 Å². The summed E-state index contributed by atoms with van der Waals surface area (Å²) in [6, 6.07) is 13.7. The summed E-state index contributed by atoms with van der Waals surface area (Å²) < 4.78 is 7.27. The first-order valence-corrected chi connectivity index (χ1v) is 10.7. The van der Waals surface area contributed by atoms with Crippen LogP contribution in [0.15, 0.2) is 47.0 Å². The van der Waals surface area contributed by atoms with Crippen LogP contribution in [0.3, 0.4) is 0 Å². The molecule has 1 aliphatic rings. The van der Waals surface area contributed by atoms with E-state index in [4.69, 9.17) is 4.52 Å². The Morgan fingerprint density at radius 2 is 1.94 bits per heavy atom. The average Bonchev–Trinajstić information content (AvgIpc) is 3.45. The largest absolute Gasteiger partial charge is 0.343 e. The molecule has 2 aromatic carbocycles. The van der Waals surface area contributed by atoms with Gasteiger partial charge in [-0.3, -0.25) is 4.79 Å². The van der Waals surface area contributed by atoms with E-state index < -0.39 is 0 Å². The van der Waals surface area contributed by atoms with Crippen LogP contribution in [0.25, 0.3) is 33.9 Å². The molecule has 1 saturated heterocycles. The van der Waals surface area contributed by atoms with Crippen LogP contribution in [0.2, 0.25) is 0 Å². The zero-order valence-electron chi connectivity index (χ0n) is 17.5. The Kier molecular flexibility index (Phi) is 5.19. The molecule has 0 unspecified atom stereocenters. The molecular weight excluding hydrogens is 392 g/mol. The van der Waals surface area contributed by atoms with Gasteiger partial charge in [0.2, 0.25) is 11.7 Å². The van der Waals surface area contributed by atoms with E-state index in [1.807, 2.05) is 54.3 Å². The van der Waals surface area contributed by atoms with Crippen molar-refractivity contribution in [2.24, 2.45) is 0 Å². The molecule has 4 aromatic rings. The van der Waals surface area contributed by atoms with Gasteiger partial charge in [-0.25, -0.2) is 4.68 Å². The number of hydrogen-bond donors (Lipinski definition) is 0. The third kappa shape index (κ3) is 3.93. The highest BCUT2D eigenvalue weighted by Crippen LogP contribution is 2.26. The minimum absolute atomic E-state index is 0.190. The Hall–Kier alpha value is -3.55. The molecule has 158 valence electrons. The van der Waals surface area contributed by atoms with Crippen LogP contribution in [0, 0.1) is 6.92 Å². The van der Waals surface area contributed by atoms with Crippen molar-refractivity contribution in [3.05, 3.63) is 48.0 Å². The maximum absolute atomic E-state index is 12.4. The molecule has 0 saturated carbocycles. The lowest BCUT2D eigenvalue weighted by Crippen LogP contribution is -2.36. The summed E-state index contributed by atoms with van der Waals surface area (Å²) in [6.45, 7) is 4.27. The van der Waals surface area contributed by atoms with Gasteiger partial charge in [-0.05, 0) is 56.0 Å². The van der Waals surface area contributed by atoms with Gasteiger partial charge < -0.3 is 9.42 Å². The van der Waals surface area contributed by atoms with E-state index >= 15 is 0 Å². The first-order chi connectivity index (χ1) is 15.2. The summed E-state index contributed by atoms with van der Waals surface area (Å²) in [6.07, 6.45) is 3.85. The number of aryl methyl sites for hydroxylation is 2. The van der Waals surface area contributed by atoms with Gasteiger partial charge in [-0.1, -0.05) is 28.6 Å². The van der Waals surface area contributed by atoms with Crippen LogP contribution >= 0.6 is 0 Å². The van der Waals surface area contributed by atoms with Gasteiger partial charge in [0.25, 0.3) is 5.89 Å². The summed E-state index contributed by atoms with van der Waals surface area (Å²) in [4.78, 5) is 19.0. The van der Waals surface area contributed by atoms with E-state index in [1.54, 1.807) is 4.68 Å². The Morgan fingerprint density at radius 1 is 1.10 bits per heavy atom. The van der Waals surface area contributed by atoms with Crippen molar-refractivity contribution in [1.82, 2.24) is 30.0 Å². The quantitative estimate of drug-likeness (QED) is 0.491. The van der Waals surface area contributed by atoms with Crippen LogP contribution in [-0.4, -0.2) is 49.0 Å². The summed E-state index contributed by atoms with van der Waals surface area (Å²) in [7, 11) is 0. The van der Waals surface area contributed by atoms with Crippen LogP contribution in [0.1, 0.15) is 31.2 Å². The maximum atomic E-state index is 12.4. The van der Waals surface area contributed by atoms with Gasteiger partial charge >= 0.3 is 0 Å². The molecule has 0 aliphatic carbocycles. The minimum atomic E-state index is 0.190. The Balaban J connectivity index is 1.33. The molecule has 1 amide bonds. The number of hydrogen-bond acceptors (Lipinski definition) is 6. The third-order valence-electron chi connectivity index (χ3n) is 5.82. The Labute approximate surface area is 179 Å². The maximum Gasteiger partial charge on any atom is 0.258 e. The van der Waals surface area contributed by atoms with E-state index in [-0.39, 0.29) is 5.91 Å². The van der Waals surface area contributed by atoms with Crippen LogP contribution in [0.4, 0.5) is 0 Å². The second kappa shape index (κ2) is 8.29. The lowest BCUT2D eigenvalue weighted by molar-refractivity contribution is -0.132. The number of likely N-dealkylation sites (tertiary alicyclic amines) is 1. The number of carbonyl (C=O) groups is 1. The smallest absolute Gasteiger partial charge is 0.258 e. The van der Waals surface area contributed by atoms with E-state index in [9.17, 15) is 4.79 Å². The molecule has 0 N–H and O–H groups in total. The molecule has 5 rings (SSSR count). The molecule has 8 heteroatoms. The Morgan fingerprint density at radius 3 is 2.77 bits per heavy atom. The summed E-state index contributed by atoms with van der Waals surface area (Å²) in [5.41, 5.74) is 4.44. The molecule has 0 spiro atoms. The van der Waals surface area contributed by atoms with E-state index in [0.717, 1.165) is 53.7 Å². The molecule has 2 aromatic heterocycles. The van der Waals surface area contributed by atoms with Gasteiger partial charge in [-0.15, -0.1) is 5.10 Å². The lowest BCUT2D eigenvalue weighted by atomic mass is 10.1. The summed E-state index contributed by atoms with van der Waals surface area (Å²) in [5.74, 6) is 1.19. The number of fused-ring (bicyclic) bond motifs is 1. The van der Waals surface area contributed by atoms with Gasteiger partial charge in [0.05, 0.1) is 12.1 Å². The number of amides is 1. The van der Waals surface area contributed by atoms with Crippen LogP contribution < -0.4 is 0 Å². The topological polar surface area (TPSA) is 89.9 Å². The predicted molar refractivity (Wildman–Crippen MR) is 116 cm³/mol. The van der Waals surface area contributed by atoms with E-state index in [0.29, 0.717) is 24.7 Å². The average molecular weight is 416 g/mol. The molecule has 31 heavy (non-hydrogen) atoms. The van der Waals surface area contributed by atoms with E-state index in [2.05, 4.69) is 20.5 Å². The highest BCUT2D eigenvalue weighted by atomic mass is 16.5. The van der Waals surface area contributed by atoms with Crippen molar-refractivity contribution >= 4 is 16.9 Å². The number of carbonyl (C=O) groups excluding carboxylic acids is 1. The van der Waals surface area contributed by atoms with Gasteiger partial charge in [0.15, 0.2) is 0 Å². The predicted octanol–water partition coefficient (Wildman–Crippen LogP) is 3.86. The van der Waals surface area contributed by atoms with E-state index in [1.165, 1.54) is 6.42 Å². The molecule has 0 atom stereocenters. The first-order valence-electron chi connectivity index (χ1n) is 10.7. The van der Waals surface area contributed by atoms with Crippen molar-refractivity contribution < 1.29 is 9.32 Å². The lowest BCUT2D eigenvalue weighted by Gasteiger charge is -2.26. The van der Waals surface area contributed by atoms with Crippen molar-refractivity contribution in [3.8, 4) is 22.8 Å². The summed E-state index contributed by atoms with van der Waals surface area (Å²) >= 11 is 0. The highest BCUT2D eigenvalue weighted by Gasteiger charge is 2.18. The summed E-state index contributed by atoms with van der Waals surface area (Å²) in [5, 5.41) is 12.7. The fourth-order valence-electron chi connectivity index (χ4n) is 4.04. The third-order valence-corrected chi connectivity index (χ3v) is 5.82. The number of piperidine rings is 1. The second-order valence-electron chi connectivity index (χ2n) is 7.95. The molecule has 0 bridgehead atoms. The van der Waals surface area contributed by atoms with Crippen molar-refractivity contribution in [3.63, 3.8) is 0 Å². The molecule has 8 nitrogen and oxygen atoms in total.